The van der Waals surface area contributed by atoms with Gasteiger partial charge in [-0.25, -0.2) is 4.39 Å². The first kappa shape index (κ1) is 10.5. The summed E-state index contributed by atoms with van der Waals surface area (Å²) in [4.78, 5) is 0. The summed E-state index contributed by atoms with van der Waals surface area (Å²) in [6, 6.07) is 6.47. The summed E-state index contributed by atoms with van der Waals surface area (Å²) in [5.41, 5.74) is 2.14. The van der Waals surface area contributed by atoms with Crippen molar-refractivity contribution in [2.75, 3.05) is 0 Å². The van der Waals surface area contributed by atoms with E-state index in [4.69, 9.17) is 0 Å². The molecular formula is C13H13F. The fourth-order valence-corrected chi connectivity index (χ4v) is 1.19. The van der Waals surface area contributed by atoms with Gasteiger partial charge in [0.25, 0.3) is 0 Å². The fraction of sp³-hybridized carbons (Fsp3) is 0.0769. The summed E-state index contributed by atoms with van der Waals surface area (Å²) in [5, 5.41) is 0. The molecule has 0 nitrogen and oxygen atoms in total. The Morgan fingerprint density at radius 2 is 1.86 bits per heavy atom. The first-order chi connectivity index (χ1) is 6.76. The van der Waals surface area contributed by atoms with E-state index in [1.807, 2.05) is 6.08 Å². The number of halogens is 1. The van der Waals surface area contributed by atoms with E-state index < -0.39 is 0 Å². The number of benzene rings is 1. The lowest BCUT2D eigenvalue weighted by atomic mass is 10.1. The zero-order valence-electron chi connectivity index (χ0n) is 8.04. The molecule has 1 aromatic carbocycles. The minimum Gasteiger partial charge on any atom is -0.207 e. The lowest BCUT2D eigenvalue weighted by Gasteiger charge is -2.01. The molecule has 0 aliphatic heterocycles. The minimum atomic E-state index is -0.207. The summed E-state index contributed by atoms with van der Waals surface area (Å²) in [6.07, 6.45) is 6.16. The molecule has 1 rings (SSSR count). The predicted molar refractivity (Wildman–Crippen MR) is 58.6 cm³/mol. The number of hydrogen-bond acceptors (Lipinski definition) is 0. The Bertz CT molecular complexity index is 344. The summed E-state index contributed by atoms with van der Waals surface area (Å²) in [5.74, 6) is -0.207. The van der Waals surface area contributed by atoms with E-state index in [1.54, 1.807) is 24.3 Å². The Morgan fingerprint density at radius 3 is 2.36 bits per heavy atom. The Hall–Kier alpha value is -1.63. The first-order valence-corrected chi connectivity index (χ1v) is 4.44. The van der Waals surface area contributed by atoms with E-state index in [0.29, 0.717) is 0 Å². The Balaban J connectivity index is 2.77. The van der Waals surface area contributed by atoms with Gasteiger partial charge in [-0.2, -0.15) is 0 Å². The molecule has 0 amide bonds. The van der Waals surface area contributed by atoms with Crippen LogP contribution in [-0.2, 0) is 6.42 Å². The molecule has 72 valence electrons. The third-order valence-corrected chi connectivity index (χ3v) is 1.92. The lowest BCUT2D eigenvalue weighted by molar-refractivity contribution is 0.627. The SMILES string of the molecule is C=C/C=C(\C=C)Cc1ccc(F)cc1. The third kappa shape index (κ3) is 3.02. The topological polar surface area (TPSA) is 0 Å². The van der Waals surface area contributed by atoms with Gasteiger partial charge in [0.05, 0.1) is 0 Å². The van der Waals surface area contributed by atoms with Crippen LogP contribution in [0.5, 0.6) is 0 Å². The molecule has 0 N–H and O–H groups in total. The van der Waals surface area contributed by atoms with Crippen LogP contribution in [0.25, 0.3) is 0 Å². The van der Waals surface area contributed by atoms with E-state index in [9.17, 15) is 4.39 Å². The zero-order valence-corrected chi connectivity index (χ0v) is 8.04. The molecule has 0 aliphatic carbocycles. The highest BCUT2D eigenvalue weighted by molar-refractivity contribution is 5.29. The van der Waals surface area contributed by atoms with Gasteiger partial charge in [-0.3, -0.25) is 0 Å². The predicted octanol–water partition coefficient (Wildman–Crippen LogP) is 3.67. The molecule has 0 saturated heterocycles. The van der Waals surface area contributed by atoms with Crippen LogP contribution in [0.2, 0.25) is 0 Å². The smallest absolute Gasteiger partial charge is 0.123 e. The van der Waals surface area contributed by atoms with E-state index in [1.165, 1.54) is 12.1 Å². The highest BCUT2D eigenvalue weighted by Crippen LogP contribution is 2.10. The van der Waals surface area contributed by atoms with Crippen LogP contribution < -0.4 is 0 Å². The molecule has 0 saturated carbocycles. The Labute approximate surface area is 84.1 Å². The summed E-state index contributed by atoms with van der Waals surface area (Å²) >= 11 is 0. The maximum atomic E-state index is 12.6. The summed E-state index contributed by atoms with van der Waals surface area (Å²) < 4.78 is 12.6. The number of hydrogen-bond donors (Lipinski definition) is 0. The maximum Gasteiger partial charge on any atom is 0.123 e. The van der Waals surface area contributed by atoms with Crippen LogP contribution in [0, 0.1) is 5.82 Å². The monoisotopic (exact) mass is 188 g/mol. The van der Waals surface area contributed by atoms with Gasteiger partial charge in [0.1, 0.15) is 5.82 Å². The van der Waals surface area contributed by atoms with Crippen molar-refractivity contribution in [3.05, 3.63) is 72.6 Å². The average Bonchev–Trinajstić information content (AvgIpc) is 2.20. The van der Waals surface area contributed by atoms with Crippen molar-refractivity contribution in [2.45, 2.75) is 6.42 Å². The second-order valence-electron chi connectivity index (χ2n) is 2.98. The molecular weight excluding hydrogens is 175 g/mol. The molecule has 0 bridgehead atoms. The van der Waals surface area contributed by atoms with Crippen molar-refractivity contribution in [3.8, 4) is 0 Å². The number of allylic oxidation sites excluding steroid dienone is 4. The molecule has 0 spiro atoms. The normalized spacial score (nSPS) is 11.1. The second-order valence-corrected chi connectivity index (χ2v) is 2.98. The van der Waals surface area contributed by atoms with Gasteiger partial charge in [-0.15, -0.1) is 0 Å². The Kier molecular flexibility index (Phi) is 3.86. The fourth-order valence-electron chi connectivity index (χ4n) is 1.19. The molecule has 14 heavy (non-hydrogen) atoms. The van der Waals surface area contributed by atoms with Crippen molar-refractivity contribution >= 4 is 0 Å². The van der Waals surface area contributed by atoms with Gasteiger partial charge in [0, 0.05) is 0 Å². The molecule has 0 aromatic heterocycles. The summed E-state index contributed by atoms with van der Waals surface area (Å²) in [6.45, 7) is 7.32. The highest BCUT2D eigenvalue weighted by atomic mass is 19.1. The standard InChI is InChI=1S/C13H13F/c1-3-5-11(4-2)10-12-6-8-13(14)9-7-12/h3-9H,1-2,10H2/b11-5+. The van der Waals surface area contributed by atoms with Crippen molar-refractivity contribution in [2.24, 2.45) is 0 Å². The van der Waals surface area contributed by atoms with Crippen LogP contribution in [0.3, 0.4) is 0 Å². The van der Waals surface area contributed by atoms with Crippen LogP contribution in [0.15, 0.2) is 61.2 Å². The molecule has 0 radical (unpaired) electrons. The summed E-state index contributed by atoms with van der Waals surface area (Å²) in [7, 11) is 0. The van der Waals surface area contributed by atoms with Crippen LogP contribution in [-0.4, -0.2) is 0 Å². The van der Waals surface area contributed by atoms with Gasteiger partial charge in [0.15, 0.2) is 0 Å². The molecule has 0 aliphatic rings. The van der Waals surface area contributed by atoms with Crippen molar-refractivity contribution in [3.63, 3.8) is 0 Å². The Morgan fingerprint density at radius 1 is 1.21 bits per heavy atom. The van der Waals surface area contributed by atoms with E-state index in [2.05, 4.69) is 13.2 Å². The minimum absolute atomic E-state index is 0.207. The molecule has 0 atom stereocenters. The molecule has 0 heterocycles. The van der Waals surface area contributed by atoms with Crippen LogP contribution >= 0.6 is 0 Å². The van der Waals surface area contributed by atoms with Crippen molar-refractivity contribution in [1.82, 2.24) is 0 Å². The van der Waals surface area contributed by atoms with E-state index in [0.717, 1.165) is 17.6 Å². The highest BCUT2D eigenvalue weighted by Gasteiger charge is 1.95. The van der Waals surface area contributed by atoms with E-state index >= 15 is 0 Å². The first-order valence-electron chi connectivity index (χ1n) is 4.44. The maximum absolute atomic E-state index is 12.6. The van der Waals surface area contributed by atoms with E-state index in [-0.39, 0.29) is 5.82 Å². The van der Waals surface area contributed by atoms with Gasteiger partial charge in [0.2, 0.25) is 0 Å². The van der Waals surface area contributed by atoms with Gasteiger partial charge in [-0.1, -0.05) is 43.5 Å². The van der Waals surface area contributed by atoms with Gasteiger partial charge < -0.3 is 0 Å². The average molecular weight is 188 g/mol. The molecule has 0 unspecified atom stereocenters. The zero-order chi connectivity index (χ0) is 10.4. The third-order valence-electron chi connectivity index (χ3n) is 1.92. The van der Waals surface area contributed by atoms with Gasteiger partial charge >= 0.3 is 0 Å². The largest absolute Gasteiger partial charge is 0.207 e. The second kappa shape index (κ2) is 5.18. The van der Waals surface area contributed by atoms with Crippen molar-refractivity contribution in [1.29, 1.82) is 0 Å². The lowest BCUT2D eigenvalue weighted by Crippen LogP contribution is -1.87. The molecule has 1 heteroatoms. The quantitative estimate of drug-likeness (QED) is 0.632. The van der Waals surface area contributed by atoms with Gasteiger partial charge in [-0.05, 0) is 29.7 Å². The molecule has 0 fully saturated rings. The van der Waals surface area contributed by atoms with Crippen LogP contribution in [0.1, 0.15) is 5.56 Å². The van der Waals surface area contributed by atoms with Crippen molar-refractivity contribution < 1.29 is 4.39 Å². The number of rotatable bonds is 4. The molecule has 1 aromatic rings. The van der Waals surface area contributed by atoms with Crippen LogP contribution in [0.4, 0.5) is 4.39 Å².